The Kier molecular flexibility index (Phi) is 6.16. The molecule has 33 heavy (non-hydrogen) atoms. The Morgan fingerprint density at radius 2 is 2.00 bits per heavy atom. The first-order valence-corrected chi connectivity index (χ1v) is 12.7. The van der Waals surface area contributed by atoms with E-state index in [1.54, 1.807) is 15.9 Å². The average Bonchev–Trinajstić information content (AvgIpc) is 3.41. The number of aromatic nitrogens is 5. The highest BCUT2D eigenvalue weighted by molar-refractivity contribution is 7.18. The SMILES string of the molecule is CCCCn1c(=O)[nH]c(=O)c2c1nc(CN1CCCC(c3nc4ccccc4s3)C1)n2CC. The molecule has 0 bridgehead atoms. The van der Waals surface area contributed by atoms with Crippen LogP contribution in [0.2, 0.25) is 0 Å². The zero-order valence-electron chi connectivity index (χ0n) is 19.2. The molecule has 1 fully saturated rings. The molecule has 1 aliphatic heterocycles. The molecule has 5 rings (SSSR count). The first kappa shape index (κ1) is 22.0. The number of para-hydroxylation sites is 1. The van der Waals surface area contributed by atoms with Crippen molar-refractivity contribution >= 4 is 32.7 Å². The van der Waals surface area contributed by atoms with Gasteiger partial charge in [0.05, 0.1) is 21.8 Å². The second-order valence-electron chi connectivity index (χ2n) is 8.80. The van der Waals surface area contributed by atoms with E-state index in [2.05, 4.69) is 35.0 Å². The van der Waals surface area contributed by atoms with Crippen LogP contribution in [0.5, 0.6) is 0 Å². The molecule has 1 unspecified atom stereocenters. The summed E-state index contributed by atoms with van der Waals surface area (Å²) in [7, 11) is 0. The summed E-state index contributed by atoms with van der Waals surface area (Å²) in [6, 6.07) is 8.32. The van der Waals surface area contributed by atoms with Gasteiger partial charge in [-0.3, -0.25) is 19.2 Å². The van der Waals surface area contributed by atoms with Crippen LogP contribution in [0, 0.1) is 0 Å². The van der Waals surface area contributed by atoms with E-state index in [1.165, 1.54) is 9.71 Å². The molecule has 0 amide bonds. The Hall–Kier alpha value is -2.78. The fourth-order valence-corrected chi connectivity index (χ4v) is 5.96. The maximum Gasteiger partial charge on any atom is 0.330 e. The van der Waals surface area contributed by atoms with Crippen LogP contribution in [-0.2, 0) is 19.6 Å². The second-order valence-corrected chi connectivity index (χ2v) is 9.87. The van der Waals surface area contributed by atoms with Gasteiger partial charge in [0.25, 0.3) is 5.56 Å². The van der Waals surface area contributed by atoms with Crippen LogP contribution in [0.25, 0.3) is 21.4 Å². The number of hydrogen-bond donors (Lipinski definition) is 1. The number of aromatic amines is 1. The van der Waals surface area contributed by atoms with Crippen LogP contribution in [-0.4, -0.2) is 42.1 Å². The van der Waals surface area contributed by atoms with Gasteiger partial charge in [0.1, 0.15) is 5.82 Å². The van der Waals surface area contributed by atoms with Crippen LogP contribution in [0.3, 0.4) is 0 Å². The molecule has 1 aromatic carbocycles. The van der Waals surface area contributed by atoms with Crippen molar-refractivity contribution in [3.8, 4) is 0 Å². The Bertz CT molecular complexity index is 1360. The van der Waals surface area contributed by atoms with Gasteiger partial charge < -0.3 is 4.57 Å². The number of nitrogens with one attached hydrogen (secondary N) is 1. The number of unbranched alkanes of at least 4 members (excludes halogenated alkanes) is 1. The lowest BCUT2D eigenvalue weighted by Crippen LogP contribution is -2.34. The van der Waals surface area contributed by atoms with Crippen LogP contribution in [0.15, 0.2) is 33.9 Å². The first-order valence-electron chi connectivity index (χ1n) is 11.9. The number of likely N-dealkylation sites (tertiary alicyclic amines) is 1. The Balaban J connectivity index is 1.45. The summed E-state index contributed by atoms with van der Waals surface area (Å²) in [5.74, 6) is 1.25. The monoisotopic (exact) mass is 466 g/mol. The number of benzene rings is 1. The van der Waals surface area contributed by atoms with Crippen molar-refractivity contribution < 1.29 is 0 Å². The number of hydrogen-bond acceptors (Lipinski definition) is 6. The number of aryl methyl sites for hydroxylation is 2. The van der Waals surface area contributed by atoms with Gasteiger partial charge in [-0.1, -0.05) is 25.5 Å². The minimum Gasteiger partial charge on any atom is -0.321 e. The van der Waals surface area contributed by atoms with Crippen LogP contribution >= 0.6 is 11.3 Å². The van der Waals surface area contributed by atoms with Gasteiger partial charge in [-0.15, -0.1) is 11.3 Å². The molecule has 1 N–H and O–H groups in total. The molecular weight excluding hydrogens is 436 g/mol. The third-order valence-corrected chi connectivity index (χ3v) is 7.75. The van der Waals surface area contributed by atoms with Gasteiger partial charge in [0.2, 0.25) is 0 Å². The summed E-state index contributed by atoms with van der Waals surface area (Å²) < 4.78 is 4.83. The molecular formula is C24H30N6O2S. The largest absolute Gasteiger partial charge is 0.330 e. The van der Waals surface area contributed by atoms with E-state index in [1.807, 2.05) is 17.6 Å². The quantitative estimate of drug-likeness (QED) is 0.449. The third-order valence-electron chi connectivity index (χ3n) is 6.55. The number of thiazole rings is 1. The molecule has 0 radical (unpaired) electrons. The lowest BCUT2D eigenvalue weighted by atomic mass is 9.99. The summed E-state index contributed by atoms with van der Waals surface area (Å²) in [5.41, 5.74) is 1.36. The van der Waals surface area contributed by atoms with Gasteiger partial charge in [0, 0.05) is 25.6 Å². The van der Waals surface area contributed by atoms with E-state index in [0.717, 1.165) is 50.1 Å². The molecule has 3 aromatic heterocycles. The zero-order chi connectivity index (χ0) is 22.9. The van der Waals surface area contributed by atoms with E-state index in [4.69, 9.17) is 9.97 Å². The number of piperidine rings is 1. The minimum absolute atomic E-state index is 0.352. The van der Waals surface area contributed by atoms with Crippen molar-refractivity contribution in [1.82, 2.24) is 29.0 Å². The van der Waals surface area contributed by atoms with Crippen LogP contribution in [0.4, 0.5) is 0 Å². The number of fused-ring (bicyclic) bond motifs is 2. The molecule has 0 aliphatic carbocycles. The molecule has 4 aromatic rings. The molecule has 9 heteroatoms. The van der Waals surface area contributed by atoms with Crippen molar-refractivity contribution in [3.63, 3.8) is 0 Å². The van der Waals surface area contributed by atoms with E-state index in [9.17, 15) is 9.59 Å². The average molecular weight is 467 g/mol. The maximum absolute atomic E-state index is 12.7. The van der Waals surface area contributed by atoms with E-state index in [-0.39, 0.29) is 11.2 Å². The van der Waals surface area contributed by atoms with Crippen molar-refractivity contribution in [2.45, 2.75) is 65.1 Å². The van der Waals surface area contributed by atoms with Gasteiger partial charge in [-0.05, 0) is 44.9 Å². The van der Waals surface area contributed by atoms with Crippen molar-refractivity contribution in [2.24, 2.45) is 0 Å². The summed E-state index contributed by atoms with van der Waals surface area (Å²) in [6.45, 7) is 7.88. The Morgan fingerprint density at radius 1 is 1.15 bits per heavy atom. The van der Waals surface area contributed by atoms with Crippen LogP contribution in [0.1, 0.15) is 56.3 Å². The van der Waals surface area contributed by atoms with Gasteiger partial charge in [-0.25, -0.2) is 14.8 Å². The lowest BCUT2D eigenvalue weighted by Gasteiger charge is -2.31. The smallest absolute Gasteiger partial charge is 0.321 e. The molecule has 1 aliphatic rings. The third kappa shape index (κ3) is 4.15. The summed E-state index contributed by atoms with van der Waals surface area (Å²) >= 11 is 1.79. The van der Waals surface area contributed by atoms with E-state index >= 15 is 0 Å². The highest BCUT2D eigenvalue weighted by Gasteiger charge is 2.26. The predicted molar refractivity (Wildman–Crippen MR) is 132 cm³/mol. The molecule has 8 nitrogen and oxygen atoms in total. The van der Waals surface area contributed by atoms with Crippen LogP contribution < -0.4 is 11.2 Å². The van der Waals surface area contributed by atoms with Gasteiger partial charge >= 0.3 is 5.69 Å². The van der Waals surface area contributed by atoms with Gasteiger partial charge in [-0.2, -0.15) is 0 Å². The summed E-state index contributed by atoms with van der Waals surface area (Å²) in [5, 5.41) is 1.20. The normalized spacial score (nSPS) is 17.3. The summed E-state index contributed by atoms with van der Waals surface area (Å²) in [4.78, 5) is 39.8. The fourth-order valence-electron chi connectivity index (χ4n) is 4.87. The molecule has 0 saturated carbocycles. The van der Waals surface area contributed by atoms with Crippen molar-refractivity contribution in [1.29, 1.82) is 0 Å². The fraction of sp³-hybridized carbons (Fsp3) is 0.500. The molecule has 174 valence electrons. The molecule has 0 spiro atoms. The second kappa shape index (κ2) is 9.23. The van der Waals surface area contributed by atoms with Gasteiger partial charge in [0.15, 0.2) is 11.2 Å². The first-order chi connectivity index (χ1) is 16.1. The molecule has 4 heterocycles. The zero-order valence-corrected chi connectivity index (χ0v) is 20.0. The number of H-pyrrole nitrogens is 1. The molecule has 1 atom stereocenters. The van der Waals surface area contributed by atoms with E-state index < -0.39 is 0 Å². The maximum atomic E-state index is 12.7. The Labute approximate surface area is 195 Å². The highest BCUT2D eigenvalue weighted by atomic mass is 32.1. The topological polar surface area (TPSA) is 88.8 Å². The minimum atomic E-state index is -0.373. The number of imidazole rings is 1. The number of nitrogens with zero attached hydrogens (tertiary/aromatic N) is 5. The highest BCUT2D eigenvalue weighted by Crippen LogP contribution is 2.33. The van der Waals surface area contributed by atoms with E-state index in [0.29, 0.717) is 36.7 Å². The standard InChI is InChI=1S/C24H30N6O2S/c1-3-5-13-30-21-20(22(31)27-24(30)32)29(4-2)19(26-21)15-28-12-8-9-16(14-28)23-25-17-10-6-7-11-18(17)33-23/h6-7,10-11,16H,3-5,8-9,12-15H2,1-2H3,(H,27,31,32). The van der Waals surface area contributed by atoms with Crippen molar-refractivity contribution in [2.75, 3.05) is 13.1 Å². The number of rotatable bonds is 7. The van der Waals surface area contributed by atoms with Crippen molar-refractivity contribution in [3.05, 3.63) is 55.9 Å². The molecule has 1 saturated heterocycles. The lowest BCUT2D eigenvalue weighted by molar-refractivity contribution is 0.194. The predicted octanol–water partition coefficient (Wildman–Crippen LogP) is 3.70. The Morgan fingerprint density at radius 3 is 2.79 bits per heavy atom. The summed E-state index contributed by atoms with van der Waals surface area (Å²) in [6.07, 6.45) is 4.08.